The van der Waals surface area contributed by atoms with Gasteiger partial charge in [0.2, 0.25) is 0 Å². The highest BCUT2D eigenvalue weighted by Crippen LogP contribution is 2.23. The molecule has 0 unspecified atom stereocenters. The SMILES string of the molecule is Cc1c(CO)cccc1-c1cnccn1. The molecule has 1 N–H and O–H groups in total. The van der Waals surface area contributed by atoms with Crippen LogP contribution in [-0.2, 0) is 6.61 Å². The summed E-state index contributed by atoms with van der Waals surface area (Å²) in [4.78, 5) is 8.27. The molecule has 2 rings (SSSR count). The summed E-state index contributed by atoms with van der Waals surface area (Å²) >= 11 is 0. The van der Waals surface area contributed by atoms with Crippen LogP contribution < -0.4 is 0 Å². The number of aliphatic hydroxyl groups excluding tert-OH is 1. The Bertz CT molecular complexity index is 454. The molecular weight excluding hydrogens is 188 g/mol. The van der Waals surface area contributed by atoms with Gasteiger partial charge in [-0.2, -0.15) is 0 Å². The Hall–Kier alpha value is -1.74. The van der Waals surface area contributed by atoms with Crippen LogP contribution in [0.15, 0.2) is 36.8 Å². The molecule has 0 aliphatic carbocycles. The summed E-state index contributed by atoms with van der Waals surface area (Å²) < 4.78 is 0. The molecule has 0 aliphatic rings. The Balaban J connectivity index is 2.54. The van der Waals surface area contributed by atoms with E-state index in [9.17, 15) is 0 Å². The Morgan fingerprint density at radius 3 is 2.80 bits per heavy atom. The van der Waals surface area contributed by atoms with E-state index in [1.54, 1.807) is 18.6 Å². The van der Waals surface area contributed by atoms with E-state index in [0.717, 1.165) is 22.4 Å². The van der Waals surface area contributed by atoms with Crippen molar-refractivity contribution in [1.29, 1.82) is 0 Å². The van der Waals surface area contributed by atoms with Crippen LogP contribution in [0, 0.1) is 6.92 Å². The molecule has 0 amide bonds. The highest BCUT2D eigenvalue weighted by atomic mass is 16.3. The molecule has 0 saturated heterocycles. The summed E-state index contributed by atoms with van der Waals surface area (Å²) in [7, 11) is 0. The highest BCUT2D eigenvalue weighted by Gasteiger charge is 2.05. The average Bonchev–Trinajstić information content (AvgIpc) is 2.30. The van der Waals surface area contributed by atoms with Crippen molar-refractivity contribution in [3.8, 4) is 11.3 Å². The van der Waals surface area contributed by atoms with Gasteiger partial charge in [-0.15, -0.1) is 0 Å². The van der Waals surface area contributed by atoms with E-state index in [0.29, 0.717) is 0 Å². The van der Waals surface area contributed by atoms with Crippen LogP contribution in [0.1, 0.15) is 11.1 Å². The molecule has 76 valence electrons. The van der Waals surface area contributed by atoms with Gasteiger partial charge >= 0.3 is 0 Å². The second-order valence-electron chi connectivity index (χ2n) is 3.34. The first-order chi connectivity index (χ1) is 7.33. The molecule has 1 aromatic carbocycles. The number of hydrogen-bond acceptors (Lipinski definition) is 3. The van der Waals surface area contributed by atoms with Gasteiger partial charge in [0.1, 0.15) is 0 Å². The third-order valence-corrected chi connectivity index (χ3v) is 2.46. The normalized spacial score (nSPS) is 10.3. The molecule has 0 aliphatic heterocycles. The minimum absolute atomic E-state index is 0.0555. The van der Waals surface area contributed by atoms with Crippen molar-refractivity contribution < 1.29 is 5.11 Å². The highest BCUT2D eigenvalue weighted by molar-refractivity contribution is 5.63. The third kappa shape index (κ3) is 1.87. The molecule has 1 aromatic heterocycles. The Labute approximate surface area is 88.5 Å². The molecule has 3 heteroatoms. The molecule has 0 atom stereocenters. The zero-order valence-corrected chi connectivity index (χ0v) is 8.51. The number of benzene rings is 1. The van der Waals surface area contributed by atoms with Crippen LogP contribution in [0.2, 0.25) is 0 Å². The summed E-state index contributed by atoms with van der Waals surface area (Å²) in [6, 6.07) is 5.82. The van der Waals surface area contributed by atoms with E-state index in [1.807, 2.05) is 25.1 Å². The maximum Gasteiger partial charge on any atom is 0.0887 e. The molecule has 0 bridgehead atoms. The molecule has 15 heavy (non-hydrogen) atoms. The standard InChI is InChI=1S/C12H12N2O/c1-9-10(8-15)3-2-4-11(9)12-7-13-5-6-14-12/h2-7,15H,8H2,1H3. The lowest BCUT2D eigenvalue weighted by molar-refractivity contribution is 0.281. The van der Waals surface area contributed by atoms with Crippen LogP contribution in [0.3, 0.4) is 0 Å². The van der Waals surface area contributed by atoms with Crippen LogP contribution in [-0.4, -0.2) is 15.1 Å². The number of nitrogens with zero attached hydrogens (tertiary/aromatic N) is 2. The summed E-state index contributed by atoms with van der Waals surface area (Å²) in [5, 5.41) is 9.15. The zero-order chi connectivity index (χ0) is 10.7. The number of aromatic nitrogens is 2. The molecule has 1 heterocycles. The Morgan fingerprint density at radius 1 is 1.27 bits per heavy atom. The lowest BCUT2D eigenvalue weighted by Crippen LogP contribution is -1.93. The fraction of sp³-hybridized carbons (Fsp3) is 0.167. The van der Waals surface area contributed by atoms with Gasteiger partial charge in [0, 0.05) is 18.0 Å². The summed E-state index contributed by atoms with van der Waals surface area (Å²) in [5.74, 6) is 0. The largest absolute Gasteiger partial charge is 0.392 e. The molecule has 3 nitrogen and oxygen atoms in total. The van der Waals surface area contributed by atoms with Crippen LogP contribution in [0.25, 0.3) is 11.3 Å². The minimum Gasteiger partial charge on any atom is -0.392 e. The number of aliphatic hydroxyl groups is 1. The lowest BCUT2D eigenvalue weighted by Gasteiger charge is -2.08. The van der Waals surface area contributed by atoms with E-state index >= 15 is 0 Å². The maximum atomic E-state index is 9.15. The third-order valence-electron chi connectivity index (χ3n) is 2.46. The topological polar surface area (TPSA) is 46.0 Å². The lowest BCUT2D eigenvalue weighted by atomic mass is 10.0. The molecule has 0 fully saturated rings. The second kappa shape index (κ2) is 4.19. The van der Waals surface area contributed by atoms with E-state index < -0.39 is 0 Å². The number of hydrogen-bond donors (Lipinski definition) is 1. The van der Waals surface area contributed by atoms with Crippen molar-refractivity contribution in [1.82, 2.24) is 9.97 Å². The smallest absolute Gasteiger partial charge is 0.0887 e. The van der Waals surface area contributed by atoms with Crippen molar-refractivity contribution in [3.63, 3.8) is 0 Å². The van der Waals surface area contributed by atoms with Crippen LogP contribution in [0.5, 0.6) is 0 Å². The Kier molecular flexibility index (Phi) is 2.74. The quantitative estimate of drug-likeness (QED) is 0.805. The van der Waals surface area contributed by atoms with Crippen molar-refractivity contribution in [3.05, 3.63) is 47.9 Å². The second-order valence-corrected chi connectivity index (χ2v) is 3.34. The molecule has 0 saturated carbocycles. The maximum absolute atomic E-state index is 9.15. The first-order valence-corrected chi connectivity index (χ1v) is 4.78. The van der Waals surface area contributed by atoms with E-state index in [-0.39, 0.29) is 6.61 Å². The first-order valence-electron chi connectivity index (χ1n) is 4.78. The monoisotopic (exact) mass is 200 g/mol. The average molecular weight is 200 g/mol. The fourth-order valence-corrected chi connectivity index (χ4v) is 1.57. The Morgan fingerprint density at radius 2 is 2.13 bits per heavy atom. The molecule has 2 aromatic rings. The van der Waals surface area contributed by atoms with Crippen molar-refractivity contribution in [2.75, 3.05) is 0 Å². The number of rotatable bonds is 2. The van der Waals surface area contributed by atoms with E-state index in [1.165, 1.54) is 0 Å². The first kappa shape index (κ1) is 9.80. The van der Waals surface area contributed by atoms with Gasteiger partial charge in [-0.1, -0.05) is 18.2 Å². The molecule has 0 radical (unpaired) electrons. The van der Waals surface area contributed by atoms with Crippen molar-refractivity contribution in [2.45, 2.75) is 13.5 Å². The van der Waals surface area contributed by atoms with Crippen molar-refractivity contribution in [2.24, 2.45) is 0 Å². The van der Waals surface area contributed by atoms with E-state index in [4.69, 9.17) is 5.11 Å². The summed E-state index contributed by atoms with van der Waals surface area (Å²) in [6.07, 6.45) is 5.04. The fourth-order valence-electron chi connectivity index (χ4n) is 1.57. The van der Waals surface area contributed by atoms with Gasteiger partial charge < -0.3 is 5.11 Å². The van der Waals surface area contributed by atoms with Gasteiger partial charge in [0.25, 0.3) is 0 Å². The van der Waals surface area contributed by atoms with Crippen LogP contribution in [0.4, 0.5) is 0 Å². The van der Waals surface area contributed by atoms with Gasteiger partial charge in [-0.3, -0.25) is 9.97 Å². The minimum atomic E-state index is 0.0555. The molecular formula is C12H12N2O. The van der Waals surface area contributed by atoms with Gasteiger partial charge in [0.05, 0.1) is 18.5 Å². The summed E-state index contributed by atoms with van der Waals surface area (Å²) in [5.41, 5.74) is 3.85. The summed E-state index contributed by atoms with van der Waals surface area (Å²) in [6.45, 7) is 2.04. The predicted molar refractivity (Wildman–Crippen MR) is 58.1 cm³/mol. The van der Waals surface area contributed by atoms with Gasteiger partial charge in [-0.05, 0) is 18.1 Å². The molecule has 0 spiro atoms. The zero-order valence-electron chi connectivity index (χ0n) is 8.51. The van der Waals surface area contributed by atoms with E-state index in [2.05, 4.69) is 9.97 Å². The van der Waals surface area contributed by atoms with Crippen LogP contribution >= 0.6 is 0 Å². The van der Waals surface area contributed by atoms with Gasteiger partial charge in [-0.25, -0.2) is 0 Å². The predicted octanol–water partition coefficient (Wildman–Crippen LogP) is 1.94. The van der Waals surface area contributed by atoms with Gasteiger partial charge in [0.15, 0.2) is 0 Å². The van der Waals surface area contributed by atoms with Crippen molar-refractivity contribution >= 4 is 0 Å².